The zero-order chi connectivity index (χ0) is 20.6. The predicted molar refractivity (Wildman–Crippen MR) is 111 cm³/mol. The lowest BCUT2D eigenvalue weighted by Crippen LogP contribution is -2.43. The van der Waals surface area contributed by atoms with Crippen molar-refractivity contribution in [2.24, 2.45) is 0 Å². The van der Waals surface area contributed by atoms with Crippen LogP contribution in [0.4, 0.5) is 0 Å². The lowest BCUT2D eigenvalue weighted by molar-refractivity contribution is 0.0740. The van der Waals surface area contributed by atoms with Crippen molar-refractivity contribution < 1.29 is 22.4 Å². The number of carbonyl (C=O) groups is 1. The highest BCUT2D eigenvalue weighted by Gasteiger charge is 2.28. The fourth-order valence-corrected chi connectivity index (χ4v) is 5.18. The minimum absolute atomic E-state index is 0.00653. The summed E-state index contributed by atoms with van der Waals surface area (Å²) in [6.45, 7) is 6.94. The van der Waals surface area contributed by atoms with E-state index in [0.717, 1.165) is 37.1 Å². The number of likely N-dealkylation sites (tertiary alicyclic amines) is 1. The Morgan fingerprint density at radius 3 is 2.45 bits per heavy atom. The smallest absolute Gasteiger partial charge is 0.289 e. The average Bonchev–Trinajstić information content (AvgIpc) is 3.11. The van der Waals surface area contributed by atoms with Crippen molar-refractivity contribution in [1.29, 1.82) is 0 Å². The van der Waals surface area contributed by atoms with Gasteiger partial charge in [0.15, 0.2) is 15.6 Å². The molecule has 0 N–H and O–H groups in total. The van der Waals surface area contributed by atoms with Crippen LogP contribution in [0.5, 0.6) is 5.75 Å². The first-order valence-electron chi connectivity index (χ1n) is 10.2. The van der Waals surface area contributed by atoms with Crippen molar-refractivity contribution in [2.45, 2.75) is 38.8 Å². The second-order valence-corrected chi connectivity index (χ2v) is 10.5. The number of carbonyl (C=O) groups excluding carboxylic acids is 1. The van der Waals surface area contributed by atoms with Crippen molar-refractivity contribution in [1.82, 2.24) is 9.80 Å². The summed E-state index contributed by atoms with van der Waals surface area (Å²) in [4.78, 5) is 16.7. The maximum absolute atomic E-state index is 12.7. The van der Waals surface area contributed by atoms with Crippen LogP contribution in [0.15, 0.2) is 28.7 Å². The van der Waals surface area contributed by atoms with Crippen LogP contribution in [-0.4, -0.2) is 74.0 Å². The number of piperidine rings is 1. The molecule has 2 aliphatic rings. The molecule has 2 aromatic rings. The minimum Gasteiger partial charge on any atom is -0.490 e. The number of sulfone groups is 1. The monoisotopic (exact) mass is 420 g/mol. The molecule has 7 nitrogen and oxygen atoms in total. The molecule has 0 spiro atoms. The van der Waals surface area contributed by atoms with E-state index in [1.807, 2.05) is 18.2 Å². The van der Waals surface area contributed by atoms with Gasteiger partial charge in [-0.25, -0.2) is 8.42 Å². The van der Waals surface area contributed by atoms with Gasteiger partial charge in [0, 0.05) is 37.6 Å². The molecule has 0 saturated carbocycles. The summed E-state index contributed by atoms with van der Waals surface area (Å²) in [6.07, 6.45) is 2.21. The van der Waals surface area contributed by atoms with E-state index in [9.17, 15) is 13.2 Å². The molecule has 0 atom stereocenters. The van der Waals surface area contributed by atoms with Gasteiger partial charge in [-0.15, -0.1) is 0 Å². The Balaban J connectivity index is 1.42. The molecule has 0 bridgehead atoms. The molecule has 1 aromatic carbocycles. The van der Waals surface area contributed by atoms with E-state index in [1.165, 1.54) is 0 Å². The largest absolute Gasteiger partial charge is 0.490 e. The zero-order valence-electron chi connectivity index (χ0n) is 17.0. The number of furan rings is 1. The third-order valence-corrected chi connectivity index (χ3v) is 7.45. The Bertz CT molecular complexity index is 976. The molecule has 158 valence electrons. The van der Waals surface area contributed by atoms with Gasteiger partial charge < -0.3 is 19.0 Å². The van der Waals surface area contributed by atoms with Gasteiger partial charge in [-0.05, 0) is 51.0 Å². The highest BCUT2D eigenvalue weighted by atomic mass is 32.2. The van der Waals surface area contributed by atoms with Crippen LogP contribution in [0, 0.1) is 0 Å². The van der Waals surface area contributed by atoms with E-state index < -0.39 is 9.84 Å². The molecule has 1 aromatic heterocycles. The molecule has 2 fully saturated rings. The Morgan fingerprint density at radius 2 is 1.79 bits per heavy atom. The molecule has 0 aliphatic carbocycles. The highest BCUT2D eigenvalue weighted by Crippen LogP contribution is 2.27. The van der Waals surface area contributed by atoms with Crippen molar-refractivity contribution in [3.8, 4) is 5.75 Å². The molecule has 3 heterocycles. The van der Waals surface area contributed by atoms with Gasteiger partial charge in [0.2, 0.25) is 0 Å². The number of hydrogen-bond donors (Lipinski definition) is 0. The third-order valence-electron chi connectivity index (χ3n) is 5.84. The molecule has 0 radical (unpaired) electrons. The summed E-state index contributed by atoms with van der Waals surface area (Å²) < 4.78 is 35.0. The molecule has 2 saturated heterocycles. The number of hydrogen-bond acceptors (Lipinski definition) is 6. The first-order valence-corrected chi connectivity index (χ1v) is 12.1. The summed E-state index contributed by atoms with van der Waals surface area (Å²) >= 11 is 0. The van der Waals surface area contributed by atoms with E-state index in [1.54, 1.807) is 11.0 Å². The molecule has 2 aliphatic heterocycles. The third kappa shape index (κ3) is 4.59. The van der Waals surface area contributed by atoms with Crippen molar-refractivity contribution >= 4 is 26.7 Å². The van der Waals surface area contributed by atoms with Gasteiger partial charge in [0.05, 0.1) is 11.5 Å². The standard InChI is InChI=1S/C21H28N2O5S/c1-15(2)22-7-5-17(6-8-22)27-18-3-4-19-16(13-18)14-20(28-19)21(24)23-9-11-29(25,26)12-10-23/h3-4,13-15,17H,5-12H2,1-2H3. The molecule has 1 amide bonds. The summed E-state index contributed by atoms with van der Waals surface area (Å²) in [5, 5.41) is 0.815. The van der Waals surface area contributed by atoms with Crippen molar-refractivity contribution in [2.75, 3.05) is 37.7 Å². The van der Waals surface area contributed by atoms with E-state index in [-0.39, 0.29) is 42.4 Å². The fourth-order valence-electron chi connectivity index (χ4n) is 3.97. The summed E-state index contributed by atoms with van der Waals surface area (Å²) in [5.74, 6) is 0.768. The van der Waals surface area contributed by atoms with Crippen molar-refractivity contribution in [3.05, 3.63) is 30.0 Å². The van der Waals surface area contributed by atoms with E-state index in [4.69, 9.17) is 9.15 Å². The second kappa shape index (κ2) is 7.99. The minimum atomic E-state index is -3.03. The van der Waals surface area contributed by atoms with Crippen LogP contribution in [0.3, 0.4) is 0 Å². The molecule has 4 rings (SSSR count). The summed E-state index contributed by atoms with van der Waals surface area (Å²) in [7, 11) is -3.03. The molecule has 0 unspecified atom stereocenters. The number of ether oxygens (including phenoxy) is 1. The topological polar surface area (TPSA) is 80.1 Å². The Kier molecular flexibility index (Phi) is 5.57. The van der Waals surface area contributed by atoms with E-state index in [2.05, 4.69) is 18.7 Å². The zero-order valence-corrected chi connectivity index (χ0v) is 17.8. The van der Waals surface area contributed by atoms with Gasteiger partial charge in [-0.3, -0.25) is 4.79 Å². The SMILES string of the molecule is CC(C)N1CCC(Oc2ccc3oc(C(=O)N4CCS(=O)(=O)CC4)cc3c2)CC1. The lowest BCUT2D eigenvalue weighted by Gasteiger charge is -2.34. The molecule has 29 heavy (non-hydrogen) atoms. The number of fused-ring (bicyclic) bond motifs is 1. The van der Waals surface area contributed by atoms with Crippen LogP contribution in [0.2, 0.25) is 0 Å². The second-order valence-electron chi connectivity index (χ2n) is 8.20. The molecular formula is C21H28N2O5S. The van der Waals surface area contributed by atoms with Crippen LogP contribution in [0.1, 0.15) is 37.2 Å². The Labute approximate surface area is 171 Å². The van der Waals surface area contributed by atoms with Crippen LogP contribution < -0.4 is 4.74 Å². The van der Waals surface area contributed by atoms with Gasteiger partial charge in [-0.2, -0.15) is 0 Å². The maximum Gasteiger partial charge on any atom is 0.289 e. The molecule has 8 heteroatoms. The number of nitrogens with zero attached hydrogens (tertiary/aromatic N) is 2. The van der Waals surface area contributed by atoms with Crippen LogP contribution >= 0.6 is 0 Å². The lowest BCUT2D eigenvalue weighted by atomic mass is 10.1. The fraction of sp³-hybridized carbons (Fsp3) is 0.571. The normalized spacial score (nSPS) is 21.0. The number of benzene rings is 1. The average molecular weight is 421 g/mol. The Hall–Kier alpha value is -2.06. The van der Waals surface area contributed by atoms with Gasteiger partial charge in [-0.1, -0.05) is 0 Å². The number of amides is 1. The first kappa shape index (κ1) is 20.2. The summed E-state index contributed by atoms with van der Waals surface area (Å²) in [5.41, 5.74) is 0.625. The highest BCUT2D eigenvalue weighted by molar-refractivity contribution is 7.91. The van der Waals surface area contributed by atoms with Crippen molar-refractivity contribution in [3.63, 3.8) is 0 Å². The first-order chi connectivity index (χ1) is 13.8. The van der Waals surface area contributed by atoms with Crippen LogP contribution in [0.25, 0.3) is 11.0 Å². The molecular weight excluding hydrogens is 392 g/mol. The van der Waals surface area contributed by atoms with Gasteiger partial charge in [0.1, 0.15) is 17.4 Å². The van der Waals surface area contributed by atoms with Gasteiger partial charge >= 0.3 is 0 Å². The van der Waals surface area contributed by atoms with E-state index in [0.29, 0.717) is 11.6 Å². The quantitative estimate of drug-likeness (QED) is 0.756. The predicted octanol–water partition coefficient (Wildman–Crippen LogP) is 2.56. The number of rotatable bonds is 4. The van der Waals surface area contributed by atoms with Gasteiger partial charge in [0.25, 0.3) is 5.91 Å². The summed E-state index contributed by atoms with van der Waals surface area (Å²) in [6, 6.07) is 7.89. The van der Waals surface area contributed by atoms with Crippen LogP contribution in [-0.2, 0) is 9.84 Å². The van der Waals surface area contributed by atoms with E-state index >= 15 is 0 Å². The maximum atomic E-state index is 12.7. The Morgan fingerprint density at radius 1 is 1.10 bits per heavy atom.